The van der Waals surface area contributed by atoms with Crippen LogP contribution in [0.1, 0.15) is 37.2 Å². The SMILES string of the molecule is CC(C)NC(=O)c1cnc(Nc2ccc(N3CCCC3)cc2)cn1. The van der Waals surface area contributed by atoms with Gasteiger partial charge in [-0.15, -0.1) is 0 Å². The van der Waals surface area contributed by atoms with Crippen molar-refractivity contribution in [2.45, 2.75) is 32.7 Å². The average molecular weight is 325 g/mol. The van der Waals surface area contributed by atoms with Crippen LogP contribution in [0.15, 0.2) is 36.7 Å². The maximum atomic E-state index is 11.8. The van der Waals surface area contributed by atoms with Gasteiger partial charge in [0.1, 0.15) is 11.5 Å². The number of benzene rings is 1. The van der Waals surface area contributed by atoms with Gasteiger partial charge in [-0.25, -0.2) is 9.97 Å². The standard InChI is InChI=1S/C18H23N5O/c1-13(2)21-18(24)16-11-20-17(12-19-16)22-14-5-7-15(8-6-14)23-9-3-4-10-23/h5-8,11-13H,3-4,9-10H2,1-2H3,(H,20,22)(H,21,24). The normalized spacial score (nSPS) is 14.0. The molecule has 3 rings (SSSR count). The molecule has 1 aliphatic heterocycles. The van der Waals surface area contributed by atoms with E-state index in [1.54, 1.807) is 6.20 Å². The Hall–Kier alpha value is -2.63. The van der Waals surface area contributed by atoms with Crippen LogP contribution in [0, 0.1) is 0 Å². The van der Waals surface area contributed by atoms with Gasteiger partial charge in [0, 0.05) is 30.5 Å². The molecule has 0 atom stereocenters. The Morgan fingerprint density at radius 2 is 1.79 bits per heavy atom. The van der Waals surface area contributed by atoms with Crippen LogP contribution in [0.3, 0.4) is 0 Å². The Labute approximate surface area is 142 Å². The van der Waals surface area contributed by atoms with Crippen LogP contribution in [0.2, 0.25) is 0 Å². The lowest BCUT2D eigenvalue weighted by molar-refractivity contribution is 0.0937. The van der Waals surface area contributed by atoms with E-state index in [1.807, 2.05) is 26.0 Å². The second kappa shape index (κ2) is 7.29. The molecule has 0 unspecified atom stereocenters. The van der Waals surface area contributed by atoms with E-state index in [1.165, 1.54) is 24.7 Å². The number of anilines is 3. The molecule has 6 heteroatoms. The van der Waals surface area contributed by atoms with Crippen LogP contribution in [0.25, 0.3) is 0 Å². The third-order valence-electron chi connectivity index (χ3n) is 3.92. The van der Waals surface area contributed by atoms with Crippen LogP contribution in [-0.4, -0.2) is 35.0 Å². The quantitative estimate of drug-likeness (QED) is 0.884. The molecule has 0 saturated carbocycles. The molecule has 6 nitrogen and oxygen atoms in total. The third-order valence-corrected chi connectivity index (χ3v) is 3.92. The number of nitrogens with one attached hydrogen (secondary N) is 2. The molecule has 1 aromatic carbocycles. The minimum atomic E-state index is -0.209. The van der Waals surface area contributed by atoms with Crippen LogP contribution in [-0.2, 0) is 0 Å². The van der Waals surface area contributed by atoms with Gasteiger partial charge in [-0.05, 0) is 51.0 Å². The van der Waals surface area contributed by atoms with Gasteiger partial charge in [0.25, 0.3) is 5.91 Å². The lowest BCUT2D eigenvalue weighted by Crippen LogP contribution is -2.30. The van der Waals surface area contributed by atoms with Gasteiger partial charge in [-0.2, -0.15) is 0 Å². The summed E-state index contributed by atoms with van der Waals surface area (Å²) in [4.78, 5) is 22.7. The van der Waals surface area contributed by atoms with E-state index in [0.29, 0.717) is 11.5 Å². The molecule has 1 saturated heterocycles. The maximum absolute atomic E-state index is 11.8. The molecule has 1 aliphatic rings. The number of hydrogen-bond donors (Lipinski definition) is 2. The van der Waals surface area contributed by atoms with E-state index in [4.69, 9.17) is 0 Å². The zero-order valence-corrected chi connectivity index (χ0v) is 14.1. The van der Waals surface area contributed by atoms with Gasteiger partial charge >= 0.3 is 0 Å². The van der Waals surface area contributed by atoms with Crippen LogP contribution in [0.5, 0.6) is 0 Å². The zero-order chi connectivity index (χ0) is 16.9. The second-order valence-corrected chi connectivity index (χ2v) is 6.28. The van der Waals surface area contributed by atoms with Crippen LogP contribution in [0.4, 0.5) is 17.2 Å². The van der Waals surface area contributed by atoms with Crippen molar-refractivity contribution in [3.8, 4) is 0 Å². The molecule has 0 aliphatic carbocycles. The lowest BCUT2D eigenvalue weighted by atomic mass is 10.2. The van der Waals surface area contributed by atoms with Gasteiger partial charge < -0.3 is 15.5 Å². The first kappa shape index (κ1) is 16.2. The van der Waals surface area contributed by atoms with Gasteiger partial charge in [0.2, 0.25) is 0 Å². The van der Waals surface area contributed by atoms with E-state index < -0.39 is 0 Å². The molecule has 1 fully saturated rings. The van der Waals surface area contributed by atoms with Crippen molar-refractivity contribution in [1.82, 2.24) is 15.3 Å². The van der Waals surface area contributed by atoms with E-state index >= 15 is 0 Å². The molecule has 1 aromatic heterocycles. The maximum Gasteiger partial charge on any atom is 0.271 e. The molecule has 1 amide bonds. The summed E-state index contributed by atoms with van der Waals surface area (Å²) in [6.07, 6.45) is 5.60. The van der Waals surface area contributed by atoms with Crippen molar-refractivity contribution in [3.63, 3.8) is 0 Å². The number of carbonyl (C=O) groups is 1. The van der Waals surface area contributed by atoms with Crippen LogP contribution >= 0.6 is 0 Å². The summed E-state index contributed by atoms with van der Waals surface area (Å²) in [7, 11) is 0. The van der Waals surface area contributed by atoms with Gasteiger partial charge in [-0.1, -0.05) is 0 Å². The Morgan fingerprint density at radius 3 is 2.38 bits per heavy atom. The topological polar surface area (TPSA) is 70.2 Å². The summed E-state index contributed by atoms with van der Waals surface area (Å²) in [5, 5.41) is 6.00. The van der Waals surface area contributed by atoms with Crippen molar-refractivity contribution in [2.24, 2.45) is 0 Å². The molecule has 24 heavy (non-hydrogen) atoms. The van der Waals surface area contributed by atoms with E-state index in [-0.39, 0.29) is 11.9 Å². The molecule has 2 heterocycles. The molecule has 0 spiro atoms. The molecule has 126 valence electrons. The highest BCUT2D eigenvalue weighted by molar-refractivity contribution is 5.92. The number of carbonyl (C=O) groups excluding carboxylic acids is 1. The Morgan fingerprint density at radius 1 is 1.08 bits per heavy atom. The monoisotopic (exact) mass is 325 g/mol. The number of nitrogens with zero attached hydrogens (tertiary/aromatic N) is 3. The summed E-state index contributed by atoms with van der Waals surface area (Å²) in [6.45, 7) is 6.09. The number of amides is 1. The van der Waals surface area contributed by atoms with E-state index in [2.05, 4.69) is 37.6 Å². The Bertz CT molecular complexity index is 676. The van der Waals surface area contributed by atoms with E-state index in [0.717, 1.165) is 18.8 Å². The highest BCUT2D eigenvalue weighted by Gasteiger charge is 2.12. The summed E-state index contributed by atoms with van der Waals surface area (Å²) >= 11 is 0. The van der Waals surface area contributed by atoms with Crippen molar-refractivity contribution >= 4 is 23.1 Å². The molecule has 0 radical (unpaired) electrons. The molecule has 2 aromatic rings. The number of aromatic nitrogens is 2. The molecular formula is C18H23N5O. The highest BCUT2D eigenvalue weighted by Crippen LogP contribution is 2.23. The zero-order valence-electron chi connectivity index (χ0n) is 14.1. The van der Waals surface area contributed by atoms with Crippen LogP contribution < -0.4 is 15.5 Å². The smallest absolute Gasteiger partial charge is 0.271 e. The predicted molar refractivity (Wildman–Crippen MR) is 95.8 cm³/mol. The van der Waals surface area contributed by atoms with Gasteiger partial charge in [0.05, 0.1) is 12.4 Å². The first-order valence-corrected chi connectivity index (χ1v) is 8.37. The number of rotatable bonds is 5. The largest absolute Gasteiger partial charge is 0.372 e. The van der Waals surface area contributed by atoms with Gasteiger partial charge in [0.15, 0.2) is 0 Å². The average Bonchev–Trinajstić information content (AvgIpc) is 3.10. The minimum Gasteiger partial charge on any atom is -0.372 e. The predicted octanol–water partition coefficient (Wildman–Crippen LogP) is 2.96. The molecule has 2 N–H and O–H groups in total. The summed E-state index contributed by atoms with van der Waals surface area (Å²) in [5.41, 5.74) is 2.52. The highest BCUT2D eigenvalue weighted by atomic mass is 16.1. The second-order valence-electron chi connectivity index (χ2n) is 6.28. The molecule has 0 bridgehead atoms. The first-order chi connectivity index (χ1) is 11.6. The lowest BCUT2D eigenvalue weighted by Gasteiger charge is -2.17. The fourth-order valence-electron chi connectivity index (χ4n) is 2.72. The van der Waals surface area contributed by atoms with Gasteiger partial charge in [-0.3, -0.25) is 4.79 Å². The molecular weight excluding hydrogens is 302 g/mol. The van der Waals surface area contributed by atoms with Crippen molar-refractivity contribution in [3.05, 3.63) is 42.4 Å². The summed E-state index contributed by atoms with van der Waals surface area (Å²) in [6, 6.07) is 8.38. The Balaban J connectivity index is 1.62. The fraction of sp³-hybridized carbons (Fsp3) is 0.389. The summed E-state index contributed by atoms with van der Waals surface area (Å²) in [5.74, 6) is 0.407. The Kier molecular flexibility index (Phi) is 4.93. The van der Waals surface area contributed by atoms with Crippen molar-refractivity contribution in [2.75, 3.05) is 23.3 Å². The first-order valence-electron chi connectivity index (χ1n) is 8.37. The number of hydrogen-bond acceptors (Lipinski definition) is 5. The fourth-order valence-corrected chi connectivity index (χ4v) is 2.72. The third kappa shape index (κ3) is 4.01. The van der Waals surface area contributed by atoms with E-state index in [9.17, 15) is 4.79 Å². The van der Waals surface area contributed by atoms with Crippen molar-refractivity contribution in [1.29, 1.82) is 0 Å². The summed E-state index contributed by atoms with van der Waals surface area (Å²) < 4.78 is 0. The minimum absolute atomic E-state index is 0.0752. The van der Waals surface area contributed by atoms with Crippen molar-refractivity contribution < 1.29 is 4.79 Å².